The van der Waals surface area contributed by atoms with E-state index in [4.69, 9.17) is 30.6 Å². The number of pyridine rings is 3. The standard InChI is InChI=1S/C19H20F3N6O.C13H8ClF3N2O.C13H10F3N3O.ClH/c20-19(21,22)17-3-15(14-1-2-29-7-14)4-27-5-16(23-18(17)27)6-28-11-24-8-25(12-28)10-26(9-24)13-28;14-4-10-6-19-5-9(8-1-2-20-7-8)3-11(12(19)18-10)13(15,16)17;14-13(15,16)11-3-9(8-1-2-20-7-8)5-19-6-10(4-17)18-12(11)19;/h1-5,7H,6,8-13H2;1-3,5-7H,4H2;1-3,5-7H,4,17H2;1H/q+1;;;/p-1. The van der Waals surface area contributed by atoms with Gasteiger partial charge in [0.2, 0.25) is 0 Å². The minimum atomic E-state index is -4.49. The summed E-state index contributed by atoms with van der Waals surface area (Å²) >= 11 is 5.63. The number of nitrogens with zero attached hydrogens (tertiary/aromatic N) is 10. The van der Waals surface area contributed by atoms with Crippen LogP contribution in [0.4, 0.5) is 39.5 Å². The van der Waals surface area contributed by atoms with Gasteiger partial charge in [0.05, 0.1) is 91.5 Å². The summed E-state index contributed by atoms with van der Waals surface area (Å²) < 4.78 is 140. The van der Waals surface area contributed by atoms with Crippen LogP contribution in [0, 0.1) is 0 Å². The molecule has 14 nitrogen and oxygen atoms in total. The van der Waals surface area contributed by atoms with Gasteiger partial charge >= 0.3 is 18.5 Å². The topological polar surface area (TPSA) is 127 Å². The molecule has 4 bridgehead atoms. The van der Waals surface area contributed by atoms with Crippen molar-refractivity contribution in [1.29, 1.82) is 0 Å². The molecule has 0 aliphatic carbocycles. The van der Waals surface area contributed by atoms with E-state index >= 15 is 0 Å². The molecule has 4 fully saturated rings. The Hall–Kier alpha value is -6.34. The van der Waals surface area contributed by atoms with Crippen molar-refractivity contribution >= 4 is 28.5 Å². The molecule has 0 radical (unpaired) electrons. The number of aromatic nitrogens is 6. The van der Waals surface area contributed by atoms with Gasteiger partial charge in [-0.2, -0.15) is 39.5 Å². The molecule has 4 aliphatic rings. The van der Waals surface area contributed by atoms with Gasteiger partial charge in [0.15, 0.2) is 0 Å². The minimum Gasteiger partial charge on any atom is -1.00 e. The Morgan fingerprint density at radius 1 is 0.514 bits per heavy atom. The molecule has 0 amide bonds. The maximum absolute atomic E-state index is 13.8. The highest BCUT2D eigenvalue weighted by Gasteiger charge is 2.49. The summed E-state index contributed by atoms with van der Waals surface area (Å²) in [6.07, 6.45) is 4.59. The van der Waals surface area contributed by atoms with Crippen LogP contribution in [0.1, 0.15) is 33.8 Å². The Balaban J connectivity index is 0.000000133. The van der Waals surface area contributed by atoms with Crippen molar-refractivity contribution in [2.75, 3.05) is 40.0 Å². The lowest BCUT2D eigenvalue weighted by Crippen LogP contribution is -3.00. The molecule has 0 aromatic carbocycles. The van der Waals surface area contributed by atoms with Crippen LogP contribution >= 0.6 is 11.6 Å². The first kappa shape index (κ1) is 48.7. The number of hydrogen-bond acceptors (Lipinski definition) is 10. The van der Waals surface area contributed by atoms with Gasteiger partial charge in [-0.25, -0.2) is 29.7 Å². The second kappa shape index (κ2) is 18.4. The van der Waals surface area contributed by atoms with Crippen molar-refractivity contribution in [3.05, 3.63) is 145 Å². The Kier molecular flexibility index (Phi) is 12.8. The molecule has 70 heavy (non-hydrogen) atoms. The second-order valence-corrected chi connectivity index (χ2v) is 17.3. The molecule has 13 rings (SSSR count). The molecule has 0 unspecified atom stereocenters. The first-order chi connectivity index (χ1) is 32.8. The molecule has 9 aromatic rings. The quantitative estimate of drug-likeness (QED) is 0.101. The summed E-state index contributed by atoms with van der Waals surface area (Å²) in [5.74, 6) is 0.0556. The molecule has 2 N–H and O–H groups in total. The molecule has 9 aromatic heterocycles. The number of alkyl halides is 10. The van der Waals surface area contributed by atoms with Gasteiger partial charge in [-0.3, -0.25) is 4.48 Å². The number of imidazole rings is 3. The van der Waals surface area contributed by atoms with E-state index < -0.39 is 35.2 Å². The average molecular weight is 1020 g/mol. The van der Waals surface area contributed by atoms with E-state index in [9.17, 15) is 39.5 Å². The van der Waals surface area contributed by atoms with Crippen LogP contribution in [0.3, 0.4) is 0 Å². The predicted octanol–water partition coefficient (Wildman–Crippen LogP) is 7.05. The fourth-order valence-electron chi connectivity index (χ4n) is 9.22. The minimum absolute atomic E-state index is 0. The predicted molar refractivity (Wildman–Crippen MR) is 230 cm³/mol. The maximum Gasteiger partial charge on any atom is 0.420 e. The SMILES string of the molecule is FC(F)(F)c1cc(-c2ccoc2)cn2cc(CCl)nc12.FC(F)(F)c1cc(-c2ccoc2)cn2cc(C[N+]34CN5CN(CN(C5)C3)C4)nc12.NCc1cn2cc(-c3ccoc3)cc(C(F)(F)F)c2n1.[Cl-]. The van der Waals surface area contributed by atoms with E-state index in [-0.39, 0.29) is 41.8 Å². The summed E-state index contributed by atoms with van der Waals surface area (Å²) in [6, 6.07) is 8.13. The van der Waals surface area contributed by atoms with Gasteiger partial charge in [-0.05, 0) is 36.4 Å². The fourth-order valence-corrected chi connectivity index (χ4v) is 9.35. The van der Waals surface area contributed by atoms with Gasteiger partial charge in [0.25, 0.3) is 0 Å². The smallest absolute Gasteiger partial charge is 0.420 e. The van der Waals surface area contributed by atoms with Gasteiger partial charge in [0, 0.05) is 77.1 Å². The van der Waals surface area contributed by atoms with E-state index in [1.54, 1.807) is 43.0 Å². The molecule has 4 saturated heterocycles. The van der Waals surface area contributed by atoms with Crippen LogP contribution in [-0.2, 0) is 37.5 Å². The van der Waals surface area contributed by atoms with Crippen molar-refractivity contribution in [3.63, 3.8) is 0 Å². The number of halogens is 11. The Morgan fingerprint density at radius 2 is 0.857 bits per heavy atom. The van der Waals surface area contributed by atoms with Gasteiger partial charge in [-0.1, -0.05) is 0 Å². The Morgan fingerprint density at radius 3 is 1.19 bits per heavy atom. The first-order valence-electron chi connectivity index (χ1n) is 21.0. The maximum atomic E-state index is 13.8. The summed E-state index contributed by atoms with van der Waals surface area (Å²) in [5.41, 5.74) is 7.25. The lowest BCUT2D eigenvalue weighted by molar-refractivity contribution is -0.991. The zero-order valence-corrected chi connectivity index (χ0v) is 37.7. The number of furan rings is 3. The van der Waals surface area contributed by atoms with Crippen LogP contribution in [0.5, 0.6) is 0 Å². The normalized spacial score (nSPS) is 19.8. The van der Waals surface area contributed by atoms with Gasteiger partial charge in [0.1, 0.15) is 49.2 Å². The van der Waals surface area contributed by atoms with Crippen LogP contribution in [0.15, 0.2) is 124 Å². The van der Waals surface area contributed by atoms with Gasteiger partial charge < -0.3 is 44.6 Å². The molecule has 0 spiro atoms. The van der Waals surface area contributed by atoms with Crippen LogP contribution in [-0.4, -0.2) is 87.3 Å². The van der Waals surface area contributed by atoms with Crippen LogP contribution in [0.2, 0.25) is 0 Å². The van der Waals surface area contributed by atoms with Crippen molar-refractivity contribution in [3.8, 4) is 33.4 Å². The van der Waals surface area contributed by atoms with E-state index in [1.165, 1.54) is 63.2 Å². The zero-order chi connectivity index (χ0) is 48.5. The van der Waals surface area contributed by atoms with E-state index in [0.29, 0.717) is 57.0 Å². The third kappa shape index (κ3) is 9.74. The molecule has 368 valence electrons. The lowest BCUT2D eigenvalue weighted by atomic mass is 10.1. The summed E-state index contributed by atoms with van der Waals surface area (Å²) in [5, 5.41) is 0. The molecular weight excluding hydrogens is 984 g/mol. The highest BCUT2D eigenvalue weighted by molar-refractivity contribution is 6.16. The number of hydrogen-bond donors (Lipinski definition) is 1. The van der Waals surface area contributed by atoms with Crippen LogP contribution < -0.4 is 18.1 Å². The van der Waals surface area contributed by atoms with E-state index in [2.05, 4.69) is 29.7 Å². The van der Waals surface area contributed by atoms with Crippen molar-refractivity contribution < 1.29 is 69.7 Å². The van der Waals surface area contributed by atoms with E-state index in [1.807, 2.05) is 0 Å². The molecule has 0 saturated carbocycles. The Labute approximate surface area is 401 Å². The van der Waals surface area contributed by atoms with Crippen molar-refractivity contribution in [2.45, 2.75) is 37.5 Å². The zero-order valence-electron chi connectivity index (χ0n) is 36.2. The molecule has 13 heterocycles. The summed E-state index contributed by atoms with van der Waals surface area (Å²) in [4.78, 5) is 19.4. The average Bonchev–Trinajstić information content (AvgIpc) is 4.15. The molecule has 4 aliphatic heterocycles. The highest BCUT2D eigenvalue weighted by Crippen LogP contribution is 2.39. The number of fused-ring (bicyclic) bond motifs is 3. The third-order valence-electron chi connectivity index (χ3n) is 11.8. The highest BCUT2D eigenvalue weighted by atomic mass is 35.5. The van der Waals surface area contributed by atoms with Gasteiger partial charge in [-0.15, -0.1) is 11.6 Å². The van der Waals surface area contributed by atoms with Crippen molar-refractivity contribution in [1.82, 2.24) is 42.9 Å². The third-order valence-corrected chi connectivity index (χ3v) is 12.1. The second-order valence-electron chi connectivity index (χ2n) is 17.0. The molecule has 25 heteroatoms. The largest absolute Gasteiger partial charge is 1.00 e. The number of quaternary nitrogens is 1. The van der Waals surface area contributed by atoms with Crippen LogP contribution in [0.25, 0.3) is 50.3 Å². The molecular formula is C45H38Cl2F9N11O3. The molecule has 0 atom stereocenters. The first-order valence-corrected chi connectivity index (χ1v) is 21.5. The monoisotopic (exact) mass is 1020 g/mol. The summed E-state index contributed by atoms with van der Waals surface area (Å²) in [6.45, 7) is 6.33. The fraction of sp³-hybridized carbons (Fsp3) is 0.267. The number of nitrogens with two attached hydrogens (primary N) is 1. The Bertz CT molecular complexity index is 3090. The summed E-state index contributed by atoms with van der Waals surface area (Å²) in [7, 11) is 0. The number of rotatable bonds is 7. The van der Waals surface area contributed by atoms with E-state index in [0.717, 1.165) is 62.7 Å². The van der Waals surface area contributed by atoms with Crippen molar-refractivity contribution in [2.24, 2.45) is 5.73 Å². The lowest BCUT2D eigenvalue weighted by Gasteiger charge is -2.60.